The van der Waals surface area contributed by atoms with Crippen LogP contribution in [0.1, 0.15) is 58.8 Å². The molecule has 0 aliphatic heterocycles. The molecule has 0 rings (SSSR count). The van der Waals surface area contributed by atoms with Crippen LogP contribution >= 0.6 is 0 Å². The van der Waals surface area contributed by atoms with Gasteiger partial charge in [0.25, 0.3) is 5.97 Å². The van der Waals surface area contributed by atoms with Gasteiger partial charge in [0.2, 0.25) is 0 Å². The minimum Gasteiger partial charge on any atom is -0.481 e. The van der Waals surface area contributed by atoms with Gasteiger partial charge in [-0.15, -0.1) is 0 Å². The molecule has 0 heterocycles. The maximum atomic E-state index is 9.00. The monoisotopic (exact) mass is 246 g/mol. The molecule has 0 aromatic rings. The number of rotatable bonds is 10. The molecular weight excluding hydrogens is 216 g/mol. The summed E-state index contributed by atoms with van der Waals surface area (Å²) in [5.74, 6) is -0.833. The van der Waals surface area contributed by atoms with E-state index in [2.05, 4.69) is 12.2 Å². The van der Waals surface area contributed by atoms with E-state index in [4.69, 9.17) is 15.6 Å². The Balaban J connectivity index is 0. The standard InChI is InChI=1S/C11H26N2.C2H4O2/c1-2-3-4-5-6-7-10-13-11-8-9-12;1-2(3)4/h13H,2-12H2,1H3;1H3,(H,3,4). The maximum absolute atomic E-state index is 9.00. The van der Waals surface area contributed by atoms with Crippen LogP contribution in [0.3, 0.4) is 0 Å². The van der Waals surface area contributed by atoms with E-state index in [1.54, 1.807) is 0 Å². The molecule has 0 aromatic heterocycles. The van der Waals surface area contributed by atoms with E-state index < -0.39 is 5.97 Å². The molecule has 0 radical (unpaired) electrons. The zero-order chi connectivity index (χ0) is 13.4. The third kappa shape index (κ3) is 31.3. The molecule has 4 nitrogen and oxygen atoms in total. The zero-order valence-corrected chi connectivity index (χ0v) is 11.5. The molecule has 0 atom stereocenters. The molecular formula is C13H30N2O2. The Labute approximate surface area is 106 Å². The molecule has 0 amide bonds. The number of hydrogen-bond acceptors (Lipinski definition) is 3. The molecule has 4 N–H and O–H groups in total. The van der Waals surface area contributed by atoms with Crippen LogP contribution in [0.5, 0.6) is 0 Å². The molecule has 0 spiro atoms. The summed E-state index contributed by atoms with van der Waals surface area (Å²) in [6, 6.07) is 0. The lowest BCUT2D eigenvalue weighted by Gasteiger charge is -2.03. The van der Waals surface area contributed by atoms with Gasteiger partial charge < -0.3 is 16.2 Å². The summed E-state index contributed by atoms with van der Waals surface area (Å²) in [6.45, 7) is 6.41. The summed E-state index contributed by atoms with van der Waals surface area (Å²) in [6.07, 6.45) is 9.39. The van der Waals surface area contributed by atoms with Crippen molar-refractivity contribution in [1.29, 1.82) is 0 Å². The summed E-state index contributed by atoms with van der Waals surface area (Å²) in [5.41, 5.74) is 5.38. The molecule has 0 aromatic carbocycles. The molecule has 17 heavy (non-hydrogen) atoms. The fraction of sp³-hybridized carbons (Fsp3) is 0.923. The van der Waals surface area contributed by atoms with Gasteiger partial charge in [0.15, 0.2) is 0 Å². The Morgan fingerprint density at radius 3 is 2.06 bits per heavy atom. The van der Waals surface area contributed by atoms with Crippen LogP contribution in [0.25, 0.3) is 0 Å². The van der Waals surface area contributed by atoms with Crippen molar-refractivity contribution in [1.82, 2.24) is 5.32 Å². The predicted octanol–water partition coefficient (Wildman–Crippen LogP) is 2.38. The molecule has 0 bridgehead atoms. The van der Waals surface area contributed by atoms with Gasteiger partial charge in [-0.2, -0.15) is 0 Å². The molecule has 0 saturated carbocycles. The average Bonchev–Trinajstić information content (AvgIpc) is 2.26. The number of nitrogens with one attached hydrogen (secondary N) is 1. The topological polar surface area (TPSA) is 75.3 Å². The van der Waals surface area contributed by atoms with Gasteiger partial charge in [0.05, 0.1) is 0 Å². The average molecular weight is 246 g/mol. The first kappa shape index (κ1) is 18.7. The van der Waals surface area contributed by atoms with Crippen LogP contribution < -0.4 is 11.1 Å². The second-order valence-corrected chi connectivity index (χ2v) is 4.18. The molecule has 0 aliphatic rings. The van der Waals surface area contributed by atoms with Crippen molar-refractivity contribution in [3.8, 4) is 0 Å². The van der Waals surface area contributed by atoms with Crippen LogP contribution in [0.4, 0.5) is 0 Å². The third-order valence-electron chi connectivity index (χ3n) is 2.26. The first-order chi connectivity index (χ1) is 8.15. The van der Waals surface area contributed by atoms with Gasteiger partial charge >= 0.3 is 0 Å². The summed E-state index contributed by atoms with van der Waals surface area (Å²) in [4.78, 5) is 9.00. The number of hydrogen-bond donors (Lipinski definition) is 3. The number of nitrogens with two attached hydrogens (primary N) is 1. The van der Waals surface area contributed by atoms with Crippen LogP contribution in [0.15, 0.2) is 0 Å². The largest absolute Gasteiger partial charge is 0.481 e. The Morgan fingerprint density at radius 1 is 1.06 bits per heavy atom. The normalized spacial score (nSPS) is 9.59. The van der Waals surface area contributed by atoms with Gasteiger partial charge in [-0.05, 0) is 32.5 Å². The van der Waals surface area contributed by atoms with Crippen LogP contribution in [-0.4, -0.2) is 30.7 Å². The highest BCUT2D eigenvalue weighted by molar-refractivity contribution is 5.62. The van der Waals surface area contributed by atoms with Crippen molar-refractivity contribution < 1.29 is 9.90 Å². The fourth-order valence-electron chi connectivity index (χ4n) is 1.38. The van der Waals surface area contributed by atoms with Crippen LogP contribution in [-0.2, 0) is 4.79 Å². The number of unbranched alkanes of at least 4 members (excludes halogenated alkanes) is 5. The van der Waals surface area contributed by atoms with Gasteiger partial charge in [-0.1, -0.05) is 39.0 Å². The van der Waals surface area contributed by atoms with Crippen molar-refractivity contribution in [2.75, 3.05) is 19.6 Å². The van der Waals surface area contributed by atoms with Crippen LogP contribution in [0.2, 0.25) is 0 Å². The van der Waals surface area contributed by atoms with E-state index >= 15 is 0 Å². The molecule has 0 saturated heterocycles. The quantitative estimate of drug-likeness (QED) is 0.517. The Kier molecular flexibility index (Phi) is 19.6. The molecule has 0 aliphatic carbocycles. The van der Waals surface area contributed by atoms with E-state index in [0.717, 1.165) is 26.4 Å². The second kappa shape index (κ2) is 17.8. The van der Waals surface area contributed by atoms with E-state index in [1.807, 2.05) is 0 Å². The summed E-state index contributed by atoms with van der Waals surface area (Å²) in [7, 11) is 0. The van der Waals surface area contributed by atoms with Crippen molar-refractivity contribution in [3.05, 3.63) is 0 Å². The molecule has 104 valence electrons. The SMILES string of the molecule is CC(=O)O.CCCCCCCCNCCCN. The Hall–Kier alpha value is -0.610. The van der Waals surface area contributed by atoms with Gasteiger partial charge in [-0.3, -0.25) is 4.79 Å². The third-order valence-corrected chi connectivity index (χ3v) is 2.26. The smallest absolute Gasteiger partial charge is 0.300 e. The number of carbonyl (C=O) groups is 1. The van der Waals surface area contributed by atoms with Crippen molar-refractivity contribution >= 4 is 5.97 Å². The van der Waals surface area contributed by atoms with E-state index in [9.17, 15) is 0 Å². The van der Waals surface area contributed by atoms with E-state index in [1.165, 1.54) is 45.1 Å². The lowest BCUT2D eigenvalue weighted by atomic mass is 10.1. The maximum Gasteiger partial charge on any atom is 0.300 e. The molecule has 0 unspecified atom stereocenters. The van der Waals surface area contributed by atoms with E-state index in [0.29, 0.717) is 0 Å². The highest BCUT2D eigenvalue weighted by atomic mass is 16.4. The summed E-state index contributed by atoms with van der Waals surface area (Å²) >= 11 is 0. The molecule has 4 heteroatoms. The predicted molar refractivity (Wildman–Crippen MR) is 73.2 cm³/mol. The van der Waals surface area contributed by atoms with Gasteiger partial charge in [0, 0.05) is 6.92 Å². The highest BCUT2D eigenvalue weighted by Gasteiger charge is 1.89. The van der Waals surface area contributed by atoms with E-state index in [-0.39, 0.29) is 0 Å². The fourth-order valence-corrected chi connectivity index (χ4v) is 1.38. The lowest BCUT2D eigenvalue weighted by molar-refractivity contribution is -0.134. The Morgan fingerprint density at radius 2 is 1.53 bits per heavy atom. The highest BCUT2D eigenvalue weighted by Crippen LogP contribution is 2.03. The van der Waals surface area contributed by atoms with Crippen molar-refractivity contribution in [3.63, 3.8) is 0 Å². The first-order valence-corrected chi connectivity index (χ1v) is 6.75. The van der Waals surface area contributed by atoms with Crippen molar-refractivity contribution in [2.45, 2.75) is 58.8 Å². The lowest BCUT2D eigenvalue weighted by Crippen LogP contribution is -2.19. The number of aliphatic carboxylic acids is 1. The Bertz CT molecular complexity index is 138. The van der Waals surface area contributed by atoms with Crippen molar-refractivity contribution in [2.24, 2.45) is 5.73 Å². The number of carboxylic acid groups (broad SMARTS) is 1. The summed E-state index contributed by atoms with van der Waals surface area (Å²) in [5, 5.41) is 10.8. The molecule has 0 fully saturated rings. The summed E-state index contributed by atoms with van der Waals surface area (Å²) < 4.78 is 0. The second-order valence-electron chi connectivity index (χ2n) is 4.18. The zero-order valence-electron chi connectivity index (χ0n) is 11.5. The van der Waals surface area contributed by atoms with Gasteiger partial charge in [-0.25, -0.2) is 0 Å². The van der Waals surface area contributed by atoms with Gasteiger partial charge in [0.1, 0.15) is 0 Å². The minimum absolute atomic E-state index is 0.809. The first-order valence-electron chi connectivity index (χ1n) is 6.75. The number of carboxylic acids is 1. The minimum atomic E-state index is -0.833. The van der Waals surface area contributed by atoms with Crippen LogP contribution in [0, 0.1) is 0 Å².